The van der Waals surface area contributed by atoms with Gasteiger partial charge in [-0.3, -0.25) is 9.80 Å². The van der Waals surface area contributed by atoms with Gasteiger partial charge in [-0.25, -0.2) is 13.9 Å². The van der Waals surface area contributed by atoms with Gasteiger partial charge in [-0.1, -0.05) is 12.1 Å². The number of aliphatic hydroxyl groups excluding tert-OH is 1. The van der Waals surface area contributed by atoms with Crippen molar-refractivity contribution in [1.82, 2.24) is 19.6 Å². The molecule has 1 aliphatic heterocycles. The number of rotatable bonds is 7. The van der Waals surface area contributed by atoms with Gasteiger partial charge in [-0.15, -0.1) is 0 Å². The molecule has 2 aromatic rings. The first kappa shape index (κ1) is 19.5. The minimum Gasteiger partial charge on any atom is -0.462 e. The summed E-state index contributed by atoms with van der Waals surface area (Å²) < 4.78 is 20.9. The lowest BCUT2D eigenvalue weighted by Gasteiger charge is -2.34. The Hall–Kier alpha value is -2.29. The average molecular weight is 376 g/mol. The number of piperazine rings is 1. The van der Waals surface area contributed by atoms with Gasteiger partial charge in [0.1, 0.15) is 17.1 Å². The molecule has 0 spiro atoms. The molecule has 1 aromatic carbocycles. The molecule has 0 atom stereocenters. The van der Waals surface area contributed by atoms with E-state index in [0.717, 1.165) is 26.2 Å². The highest BCUT2D eigenvalue weighted by Crippen LogP contribution is 2.21. The third kappa shape index (κ3) is 4.52. The molecule has 0 unspecified atom stereocenters. The van der Waals surface area contributed by atoms with Crippen LogP contribution in [0.2, 0.25) is 0 Å². The van der Waals surface area contributed by atoms with Gasteiger partial charge in [-0.2, -0.15) is 5.10 Å². The molecule has 3 rings (SSSR count). The van der Waals surface area contributed by atoms with Crippen LogP contribution in [0.15, 0.2) is 30.5 Å². The Labute approximate surface area is 157 Å². The van der Waals surface area contributed by atoms with Gasteiger partial charge in [-0.05, 0) is 19.1 Å². The molecule has 0 aliphatic carbocycles. The van der Waals surface area contributed by atoms with Crippen molar-refractivity contribution < 1.29 is 19.0 Å². The third-order valence-corrected chi connectivity index (χ3v) is 4.70. The smallest absolute Gasteiger partial charge is 0.341 e. The van der Waals surface area contributed by atoms with Crippen molar-refractivity contribution in [2.75, 3.05) is 45.9 Å². The molecular formula is C19H25FN4O3. The van der Waals surface area contributed by atoms with Gasteiger partial charge in [0.2, 0.25) is 0 Å². The zero-order valence-electron chi connectivity index (χ0n) is 15.5. The Morgan fingerprint density at radius 1 is 1.22 bits per heavy atom. The van der Waals surface area contributed by atoms with E-state index in [-0.39, 0.29) is 13.2 Å². The van der Waals surface area contributed by atoms with Gasteiger partial charge < -0.3 is 9.84 Å². The molecule has 8 heteroatoms. The normalized spacial score (nSPS) is 15.8. The Morgan fingerprint density at radius 3 is 2.59 bits per heavy atom. The number of aliphatic hydroxyl groups is 1. The zero-order valence-corrected chi connectivity index (χ0v) is 15.5. The summed E-state index contributed by atoms with van der Waals surface area (Å²) in [6, 6.07) is 6.37. The summed E-state index contributed by atoms with van der Waals surface area (Å²) in [5.41, 5.74) is 1.29. The quantitative estimate of drug-likeness (QED) is 0.735. The SMILES string of the molecule is CCOC(=O)c1cnn(-c2ccccc2F)c1CN1CCN(CCO)CC1. The van der Waals surface area contributed by atoms with Crippen molar-refractivity contribution >= 4 is 5.97 Å². The first-order valence-corrected chi connectivity index (χ1v) is 9.18. The van der Waals surface area contributed by atoms with Gasteiger partial charge >= 0.3 is 5.97 Å². The molecule has 1 fully saturated rings. The Balaban J connectivity index is 1.86. The summed E-state index contributed by atoms with van der Waals surface area (Å²) in [4.78, 5) is 16.7. The van der Waals surface area contributed by atoms with Crippen molar-refractivity contribution in [3.05, 3.63) is 47.5 Å². The molecule has 0 amide bonds. The minimum atomic E-state index is -0.450. The van der Waals surface area contributed by atoms with Crippen LogP contribution < -0.4 is 0 Å². The number of esters is 1. The number of ether oxygens (including phenoxy) is 1. The van der Waals surface area contributed by atoms with Crippen LogP contribution in [-0.2, 0) is 11.3 Å². The molecule has 7 nitrogen and oxygen atoms in total. The van der Waals surface area contributed by atoms with E-state index in [2.05, 4.69) is 14.9 Å². The number of hydrogen-bond acceptors (Lipinski definition) is 6. The highest BCUT2D eigenvalue weighted by atomic mass is 19.1. The van der Waals surface area contributed by atoms with Crippen molar-refractivity contribution in [2.24, 2.45) is 0 Å². The number of aromatic nitrogens is 2. The molecule has 1 aliphatic rings. The number of para-hydroxylation sites is 1. The molecule has 0 bridgehead atoms. The Morgan fingerprint density at radius 2 is 1.93 bits per heavy atom. The topological polar surface area (TPSA) is 70.8 Å². The molecule has 27 heavy (non-hydrogen) atoms. The summed E-state index contributed by atoms with van der Waals surface area (Å²) in [7, 11) is 0. The van der Waals surface area contributed by atoms with Gasteiger partial charge in [0.05, 0.1) is 25.1 Å². The van der Waals surface area contributed by atoms with Crippen LogP contribution in [0.25, 0.3) is 5.69 Å². The van der Waals surface area contributed by atoms with E-state index in [9.17, 15) is 9.18 Å². The standard InChI is InChI=1S/C19H25FN4O3/c1-2-27-19(26)15-13-21-24(17-6-4-3-5-16(17)20)18(15)14-23-9-7-22(8-10-23)11-12-25/h3-6,13,25H,2,7-12,14H2,1H3. The van der Waals surface area contributed by atoms with E-state index in [1.807, 2.05) is 0 Å². The average Bonchev–Trinajstić information content (AvgIpc) is 3.07. The largest absolute Gasteiger partial charge is 0.462 e. The van der Waals surface area contributed by atoms with Gasteiger partial charge in [0.25, 0.3) is 0 Å². The summed E-state index contributed by atoms with van der Waals surface area (Å²) in [5, 5.41) is 13.3. The van der Waals surface area contributed by atoms with Crippen molar-refractivity contribution in [2.45, 2.75) is 13.5 Å². The van der Waals surface area contributed by atoms with Crippen molar-refractivity contribution in [1.29, 1.82) is 0 Å². The van der Waals surface area contributed by atoms with E-state index in [1.54, 1.807) is 25.1 Å². The lowest BCUT2D eigenvalue weighted by Crippen LogP contribution is -2.47. The van der Waals surface area contributed by atoms with Crippen LogP contribution in [-0.4, -0.2) is 76.6 Å². The molecule has 146 valence electrons. The second-order valence-electron chi connectivity index (χ2n) is 6.43. The molecule has 2 heterocycles. The number of benzene rings is 1. The highest BCUT2D eigenvalue weighted by Gasteiger charge is 2.24. The van der Waals surface area contributed by atoms with Gasteiger partial charge in [0.15, 0.2) is 0 Å². The number of β-amino-alcohol motifs (C(OH)–C–C–N with tert-alkyl or cyclic N) is 1. The summed E-state index contributed by atoms with van der Waals surface area (Å²) in [6.45, 7) is 6.56. The lowest BCUT2D eigenvalue weighted by atomic mass is 10.2. The Kier molecular flexibility index (Phi) is 6.54. The second kappa shape index (κ2) is 9.07. The third-order valence-electron chi connectivity index (χ3n) is 4.70. The first-order chi connectivity index (χ1) is 13.1. The van der Waals surface area contributed by atoms with E-state index in [0.29, 0.717) is 30.0 Å². The van der Waals surface area contributed by atoms with Crippen LogP contribution in [0, 0.1) is 5.82 Å². The van der Waals surface area contributed by atoms with E-state index >= 15 is 0 Å². The summed E-state index contributed by atoms with van der Waals surface area (Å²) in [5.74, 6) is -0.848. The number of carbonyl (C=O) groups excluding carboxylic acids is 1. The van der Waals surface area contributed by atoms with Crippen LogP contribution in [0.1, 0.15) is 23.0 Å². The maximum absolute atomic E-state index is 14.3. The molecule has 0 radical (unpaired) electrons. The molecule has 0 saturated carbocycles. The fourth-order valence-electron chi connectivity index (χ4n) is 3.26. The molecular weight excluding hydrogens is 351 g/mol. The second-order valence-corrected chi connectivity index (χ2v) is 6.43. The number of nitrogens with zero attached hydrogens (tertiary/aromatic N) is 4. The molecule has 1 N–H and O–H groups in total. The van der Waals surface area contributed by atoms with Crippen molar-refractivity contribution in [3.63, 3.8) is 0 Å². The maximum Gasteiger partial charge on any atom is 0.341 e. The van der Waals surface area contributed by atoms with E-state index in [4.69, 9.17) is 9.84 Å². The predicted octanol–water partition coefficient (Wildman–Crippen LogP) is 1.30. The first-order valence-electron chi connectivity index (χ1n) is 9.18. The van der Waals surface area contributed by atoms with Crippen LogP contribution in [0.3, 0.4) is 0 Å². The molecule has 1 saturated heterocycles. The highest BCUT2D eigenvalue weighted by molar-refractivity contribution is 5.90. The monoisotopic (exact) mass is 376 g/mol. The van der Waals surface area contributed by atoms with E-state index in [1.165, 1.54) is 16.9 Å². The van der Waals surface area contributed by atoms with Crippen LogP contribution >= 0.6 is 0 Å². The van der Waals surface area contributed by atoms with Gasteiger partial charge in [0, 0.05) is 39.3 Å². The summed E-state index contributed by atoms with van der Waals surface area (Å²) in [6.07, 6.45) is 1.45. The lowest BCUT2D eigenvalue weighted by molar-refractivity contribution is 0.0522. The summed E-state index contributed by atoms with van der Waals surface area (Å²) >= 11 is 0. The number of halogens is 1. The fourth-order valence-corrected chi connectivity index (χ4v) is 3.26. The zero-order chi connectivity index (χ0) is 19.2. The van der Waals surface area contributed by atoms with E-state index < -0.39 is 11.8 Å². The number of carbonyl (C=O) groups is 1. The van der Waals surface area contributed by atoms with Crippen LogP contribution in [0.4, 0.5) is 4.39 Å². The number of hydrogen-bond donors (Lipinski definition) is 1. The Bertz CT molecular complexity index is 772. The molecule has 1 aromatic heterocycles. The fraction of sp³-hybridized carbons (Fsp3) is 0.474. The minimum absolute atomic E-state index is 0.146. The van der Waals surface area contributed by atoms with Crippen molar-refractivity contribution in [3.8, 4) is 5.69 Å². The maximum atomic E-state index is 14.3. The predicted molar refractivity (Wildman–Crippen MR) is 98.3 cm³/mol. The van der Waals surface area contributed by atoms with Crippen LogP contribution in [0.5, 0.6) is 0 Å².